The van der Waals surface area contributed by atoms with Gasteiger partial charge in [-0.3, -0.25) is 14.6 Å². The van der Waals surface area contributed by atoms with Crippen LogP contribution in [0.3, 0.4) is 0 Å². The van der Waals surface area contributed by atoms with Crippen molar-refractivity contribution >= 4 is 22.8 Å². The monoisotopic (exact) mass is 421 g/mol. The van der Waals surface area contributed by atoms with Gasteiger partial charge in [-0.1, -0.05) is 19.9 Å². The number of rotatable bonds is 5. The zero-order valence-electron chi connectivity index (χ0n) is 18.1. The highest BCUT2D eigenvalue weighted by Gasteiger charge is 2.25. The van der Waals surface area contributed by atoms with Crippen LogP contribution in [0.25, 0.3) is 11.0 Å². The Labute approximate surface area is 181 Å². The number of pyridine rings is 1. The number of piperazine rings is 1. The highest BCUT2D eigenvalue weighted by atomic mass is 16.5. The van der Waals surface area contributed by atoms with E-state index in [9.17, 15) is 9.59 Å². The second-order valence-electron chi connectivity index (χ2n) is 8.12. The van der Waals surface area contributed by atoms with Crippen LogP contribution in [0.5, 0.6) is 5.75 Å². The Hall–Kier alpha value is -3.42. The number of anilines is 1. The van der Waals surface area contributed by atoms with Crippen LogP contribution in [-0.4, -0.2) is 58.6 Å². The summed E-state index contributed by atoms with van der Waals surface area (Å²) in [6.45, 7) is 6.91. The van der Waals surface area contributed by atoms with Crippen molar-refractivity contribution in [2.24, 2.45) is 5.92 Å². The van der Waals surface area contributed by atoms with Crippen molar-refractivity contribution in [1.29, 1.82) is 0 Å². The number of aromatic nitrogens is 3. The molecule has 0 bridgehead atoms. The molecule has 0 N–H and O–H groups in total. The highest BCUT2D eigenvalue weighted by molar-refractivity contribution is 5.94. The molecule has 3 heterocycles. The maximum Gasteiger partial charge on any atom is 0.294 e. The summed E-state index contributed by atoms with van der Waals surface area (Å²) in [5.41, 5.74) is 1.99. The average Bonchev–Trinajstić information content (AvgIpc) is 2.80. The van der Waals surface area contributed by atoms with Gasteiger partial charge in [-0.2, -0.15) is 0 Å². The molecule has 1 aliphatic rings. The SMILES string of the molecule is COc1cccc(C(=O)N2CCN(c3nc4ccncc4n(CC(C)C)c3=O)CC2)c1. The van der Waals surface area contributed by atoms with Crippen LogP contribution in [-0.2, 0) is 6.54 Å². The van der Waals surface area contributed by atoms with E-state index in [1.54, 1.807) is 36.2 Å². The molecule has 162 valence electrons. The number of amides is 1. The maximum atomic E-state index is 13.3. The van der Waals surface area contributed by atoms with Crippen molar-refractivity contribution in [3.8, 4) is 5.75 Å². The van der Waals surface area contributed by atoms with Crippen molar-refractivity contribution in [1.82, 2.24) is 19.4 Å². The van der Waals surface area contributed by atoms with E-state index in [2.05, 4.69) is 23.8 Å². The van der Waals surface area contributed by atoms with E-state index < -0.39 is 0 Å². The molecule has 0 spiro atoms. The molecule has 31 heavy (non-hydrogen) atoms. The van der Waals surface area contributed by atoms with Crippen molar-refractivity contribution < 1.29 is 9.53 Å². The fourth-order valence-electron chi connectivity index (χ4n) is 3.89. The third-order valence-electron chi connectivity index (χ3n) is 5.46. The number of carbonyl (C=O) groups excluding carboxylic acids is 1. The number of methoxy groups -OCH3 is 1. The second-order valence-corrected chi connectivity index (χ2v) is 8.12. The Morgan fingerprint density at radius 2 is 1.94 bits per heavy atom. The van der Waals surface area contributed by atoms with E-state index in [0.717, 1.165) is 11.0 Å². The summed E-state index contributed by atoms with van der Waals surface area (Å²) in [6, 6.07) is 9.00. The van der Waals surface area contributed by atoms with Gasteiger partial charge in [0.05, 0.1) is 24.3 Å². The van der Waals surface area contributed by atoms with Gasteiger partial charge in [0.1, 0.15) is 5.75 Å². The summed E-state index contributed by atoms with van der Waals surface area (Å²) in [4.78, 5) is 38.8. The van der Waals surface area contributed by atoms with Gasteiger partial charge in [0.25, 0.3) is 11.5 Å². The van der Waals surface area contributed by atoms with E-state index in [1.165, 1.54) is 0 Å². The molecule has 0 unspecified atom stereocenters. The number of fused-ring (bicyclic) bond motifs is 1. The van der Waals surface area contributed by atoms with Crippen LogP contribution in [0, 0.1) is 5.92 Å². The van der Waals surface area contributed by atoms with Gasteiger partial charge in [-0.25, -0.2) is 4.98 Å². The van der Waals surface area contributed by atoms with Gasteiger partial charge in [0.15, 0.2) is 5.82 Å². The lowest BCUT2D eigenvalue weighted by atomic mass is 10.1. The number of ether oxygens (including phenoxy) is 1. The average molecular weight is 422 g/mol. The van der Waals surface area contributed by atoms with Crippen molar-refractivity contribution in [3.63, 3.8) is 0 Å². The Balaban J connectivity index is 1.56. The molecule has 2 aromatic heterocycles. The predicted molar refractivity (Wildman–Crippen MR) is 120 cm³/mol. The second kappa shape index (κ2) is 8.75. The van der Waals surface area contributed by atoms with Gasteiger partial charge in [0.2, 0.25) is 0 Å². The molecule has 8 heteroatoms. The van der Waals surface area contributed by atoms with Gasteiger partial charge in [-0.15, -0.1) is 0 Å². The predicted octanol–water partition coefficient (Wildman–Crippen LogP) is 2.42. The molecule has 0 saturated carbocycles. The van der Waals surface area contributed by atoms with Crippen LogP contribution in [0.1, 0.15) is 24.2 Å². The number of benzene rings is 1. The number of nitrogens with zero attached hydrogens (tertiary/aromatic N) is 5. The standard InChI is InChI=1S/C23H27N5O3/c1-16(2)15-28-20-14-24-8-7-19(20)25-21(23(28)30)26-9-11-27(12-10-26)22(29)17-5-4-6-18(13-17)31-3/h4-8,13-14,16H,9-12,15H2,1-3H3. The first-order chi connectivity index (χ1) is 15.0. The quantitative estimate of drug-likeness (QED) is 0.629. The summed E-state index contributed by atoms with van der Waals surface area (Å²) in [7, 11) is 1.58. The lowest BCUT2D eigenvalue weighted by Crippen LogP contribution is -2.50. The molecule has 0 radical (unpaired) electrons. The molecule has 1 fully saturated rings. The first-order valence-corrected chi connectivity index (χ1v) is 10.5. The Morgan fingerprint density at radius 1 is 1.16 bits per heavy atom. The van der Waals surface area contributed by atoms with E-state index in [4.69, 9.17) is 4.74 Å². The van der Waals surface area contributed by atoms with E-state index >= 15 is 0 Å². The molecule has 4 rings (SSSR count). The largest absolute Gasteiger partial charge is 0.497 e. The van der Waals surface area contributed by atoms with Crippen LogP contribution < -0.4 is 15.2 Å². The van der Waals surface area contributed by atoms with Crippen molar-refractivity contribution in [2.75, 3.05) is 38.2 Å². The van der Waals surface area contributed by atoms with Gasteiger partial charge in [-0.05, 0) is 30.2 Å². The van der Waals surface area contributed by atoms with Crippen molar-refractivity contribution in [2.45, 2.75) is 20.4 Å². The third kappa shape index (κ3) is 4.23. The fourth-order valence-corrected chi connectivity index (χ4v) is 3.89. The molecule has 3 aromatic rings. The number of hydrogen-bond donors (Lipinski definition) is 0. The Kier molecular flexibility index (Phi) is 5.88. The molecule has 8 nitrogen and oxygen atoms in total. The zero-order valence-corrected chi connectivity index (χ0v) is 18.1. The molecule has 1 saturated heterocycles. The van der Waals surface area contributed by atoms with Gasteiger partial charge >= 0.3 is 0 Å². The first-order valence-electron chi connectivity index (χ1n) is 10.5. The molecule has 0 atom stereocenters. The topological polar surface area (TPSA) is 80.6 Å². The molecule has 0 aliphatic carbocycles. The number of carbonyl (C=O) groups is 1. The van der Waals surface area contributed by atoms with E-state index in [0.29, 0.717) is 55.8 Å². The van der Waals surface area contributed by atoms with Crippen LogP contribution in [0.2, 0.25) is 0 Å². The van der Waals surface area contributed by atoms with E-state index in [-0.39, 0.29) is 11.5 Å². The van der Waals surface area contributed by atoms with Crippen LogP contribution in [0.4, 0.5) is 5.82 Å². The lowest BCUT2D eigenvalue weighted by Gasteiger charge is -2.35. The maximum absolute atomic E-state index is 13.3. The Bertz CT molecular complexity index is 1150. The van der Waals surface area contributed by atoms with E-state index in [1.807, 2.05) is 28.0 Å². The Morgan fingerprint density at radius 3 is 2.65 bits per heavy atom. The molecule has 1 aromatic carbocycles. The normalized spacial score (nSPS) is 14.3. The van der Waals surface area contributed by atoms with Crippen LogP contribution >= 0.6 is 0 Å². The highest BCUT2D eigenvalue weighted by Crippen LogP contribution is 2.19. The fraction of sp³-hybridized carbons (Fsp3) is 0.391. The minimum absolute atomic E-state index is 0.0340. The minimum Gasteiger partial charge on any atom is -0.497 e. The summed E-state index contributed by atoms with van der Waals surface area (Å²) in [5.74, 6) is 1.37. The number of hydrogen-bond acceptors (Lipinski definition) is 6. The van der Waals surface area contributed by atoms with Gasteiger partial charge in [0, 0.05) is 44.5 Å². The lowest BCUT2D eigenvalue weighted by molar-refractivity contribution is 0.0746. The molecular weight excluding hydrogens is 394 g/mol. The molecule has 1 amide bonds. The van der Waals surface area contributed by atoms with Crippen LogP contribution in [0.15, 0.2) is 47.5 Å². The zero-order chi connectivity index (χ0) is 22.0. The molecule has 1 aliphatic heterocycles. The third-order valence-corrected chi connectivity index (χ3v) is 5.46. The summed E-state index contributed by atoms with van der Waals surface area (Å²) in [5, 5.41) is 0. The minimum atomic E-state index is -0.109. The van der Waals surface area contributed by atoms with Gasteiger partial charge < -0.3 is 19.1 Å². The summed E-state index contributed by atoms with van der Waals surface area (Å²) >= 11 is 0. The summed E-state index contributed by atoms with van der Waals surface area (Å²) in [6.07, 6.45) is 3.38. The first kappa shape index (κ1) is 20.8. The molecular formula is C23H27N5O3. The van der Waals surface area contributed by atoms with Crippen molar-refractivity contribution in [3.05, 3.63) is 58.6 Å². The smallest absolute Gasteiger partial charge is 0.294 e. The summed E-state index contributed by atoms with van der Waals surface area (Å²) < 4.78 is 6.99.